The van der Waals surface area contributed by atoms with Crippen LogP contribution < -0.4 is 0 Å². The maximum Gasteiger partial charge on any atom is 0.254 e. The molecule has 32 heavy (non-hydrogen) atoms. The van der Waals surface area contributed by atoms with Gasteiger partial charge in [-0.2, -0.15) is 10.4 Å². The Hall–Kier alpha value is -4.24. The van der Waals surface area contributed by atoms with Crippen molar-refractivity contribution in [3.63, 3.8) is 0 Å². The zero-order chi connectivity index (χ0) is 22.3. The van der Waals surface area contributed by atoms with Crippen molar-refractivity contribution in [2.45, 2.75) is 19.6 Å². The molecule has 4 rings (SSSR count). The number of amides is 1. The molecule has 3 aromatic carbocycles. The van der Waals surface area contributed by atoms with Gasteiger partial charge in [-0.05, 0) is 59.2 Å². The van der Waals surface area contributed by atoms with E-state index in [2.05, 4.69) is 11.2 Å². The zero-order valence-corrected chi connectivity index (χ0v) is 17.4. The van der Waals surface area contributed by atoms with Crippen LogP contribution in [0.2, 0.25) is 0 Å². The lowest BCUT2D eigenvalue weighted by Gasteiger charge is -2.23. The molecule has 1 aromatic heterocycles. The lowest BCUT2D eigenvalue weighted by Crippen LogP contribution is -2.30. The quantitative estimate of drug-likeness (QED) is 0.429. The van der Waals surface area contributed by atoms with E-state index in [4.69, 9.17) is 5.26 Å². The predicted molar refractivity (Wildman–Crippen MR) is 119 cm³/mol. The first-order valence-corrected chi connectivity index (χ1v) is 10.2. The SMILES string of the molecule is N#Cc1ccc(CN(Cc2cccc(F)c2)C(=O)c2ccc(Cn3cccn3)cc2)cc1. The summed E-state index contributed by atoms with van der Waals surface area (Å²) in [6, 6.07) is 24.8. The Balaban J connectivity index is 1.55. The molecule has 0 unspecified atom stereocenters. The highest BCUT2D eigenvalue weighted by Gasteiger charge is 2.17. The third-order valence-corrected chi connectivity index (χ3v) is 5.11. The molecule has 158 valence electrons. The summed E-state index contributed by atoms with van der Waals surface area (Å²) < 4.78 is 15.5. The monoisotopic (exact) mass is 424 g/mol. The van der Waals surface area contributed by atoms with Gasteiger partial charge in [-0.15, -0.1) is 0 Å². The minimum atomic E-state index is -0.337. The van der Waals surface area contributed by atoms with Crippen molar-refractivity contribution in [3.8, 4) is 6.07 Å². The normalized spacial score (nSPS) is 10.5. The van der Waals surface area contributed by atoms with Gasteiger partial charge >= 0.3 is 0 Å². The molecule has 0 radical (unpaired) electrons. The summed E-state index contributed by atoms with van der Waals surface area (Å²) in [7, 11) is 0. The summed E-state index contributed by atoms with van der Waals surface area (Å²) in [5.41, 5.74) is 3.75. The van der Waals surface area contributed by atoms with Crippen LogP contribution in [-0.4, -0.2) is 20.6 Å². The van der Waals surface area contributed by atoms with Crippen molar-refractivity contribution < 1.29 is 9.18 Å². The van der Waals surface area contributed by atoms with E-state index < -0.39 is 0 Å². The van der Waals surface area contributed by atoms with Crippen molar-refractivity contribution in [1.29, 1.82) is 5.26 Å². The van der Waals surface area contributed by atoms with Crippen LogP contribution in [0.5, 0.6) is 0 Å². The standard InChI is InChI=1S/C26H21FN4O/c27-25-4-1-3-23(15-25)18-30(17-21-7-5-20(16-28)6-8-21)26(32)24-11-9-22(10-12-24)19-31-14-2-13-29-31/h1-15H,17-19H2. The Morgan fingerprint density at radius 2 is 1.66 bits per heavy atom. The van der Waals surface area contributed by atoms with Crippen LogP contribution in [0.3, 0.4) is 0 Å². The molecular formula is C26H21FN4O. The van der Waals surface area contributed by atoms with Gasteiger partial charge in [0.15, 0.2) is 0 Å². The highest BCUT2D eigenvalue weighted by Crippen LogP contribution is 2.17. The molecule has 0 N–H and O–H groups in total. The van der Waals surface area contributed by atoms with Crippen LogP contribution in [-0.2, 0) is 19.6 Å². The van der Waals surface area contributed by atoms with Crippen molar-refractivity contribution in [3.05, 3.63) is 125 Å². The lowest BCUT2D eigenvalue weighted by molar-refractivity contribution is 0.0730. The molecule has 0 bridgehead atoms. The Kier molecular flexibility index (Phi) is 6.38. The molecule has 0 spiro atoms. The number of carbonyl (C=O) groups is 1. The second-order valence-corrected chi connectivity index (χ2v) is 7.50. The van der Waals surface area contributed by atoms with E-state index in [9.17, 15) is 9.18 Å². The Morgan fingerprint density at radius 3 is 2.31 bits per heavy atom. The summed E-state index contributed by atoms with van der Waals surface area (Å²) in [6.07, 6.45) is 3.61. The van der Waals surface area contributed by atoms with E-state index in [1.165, 1.54) is 12.1 Å². The summed E-state index contributed by atoms with van der Waals surface area (Å²) in [4.78, 5) is 15.0. The largest absolute Gasteiger partial charge is 0.330 e. The van der Waals surface area contributed by atoms with Crippen LogP contribution in [0.4, 0.5) is 4.39 Å². The van der Waals surface area contributed by atoms with E-state index in [1.807, 2.05) is 41.2 Å². The molecule has 0 aliphatic carbocycles. The number of halogens is 1. The summed E-state index contributed by atoms with van der Waals surface area (Å²) >= 11 is 0. The minimum absolute atomic E-state index is 0.149. The predicted octanol–water partition coefficient (Wildman–Crippen LogP) is 4.78. The van der Waals surface area contributed by atoms with Crippen LogP contribution in [0.15, 0.2) is 91.3 Å². The third kappa shape index (κ3) is 5.27. The van der Waals surface area contributed by atoms with E-state index in [0.717, 1.165) is 11.1 Å². The molecule has 0 saturated heterocycles. The highest BCUT2D eigenvalue weighted by molar-refractivity contribution is 5.94. The molecule has 5 nitrogen and oxygen atoms in total. The van der Waals surface area contributed by atoms with Gasteiger partial charge in [0.1, 0.15) is 5.82 Å². The molecule has 4 aromatic rings. The molecule has 1 amide bonds. The smallest absolute Gasteiger partial charge is 0.254 e. The van der Waals surface area contributed by atoms with Crippen LogP contribution in [0.1, 0.15) is 32.6 Å². The minimum Gasteiger partial charge on any atom is -0.330 e. The summed E-state index contributed by atoms with van der Waals surface area (Å²) in [6.45, 7) is 1.24. The van der Waals surface area contributed by atoms with Crippen LogP contribution in [0, 0.1) is 17.1 Å². The van der Waals surface area contributed by atoms with E-state index >= 15 is 0 Å². The fourth-order valence-electron chi connectivity index (χ4n) is 3.48. The molecule has 1 heterocycles. The average molecular weight is 424 g/mol. The van der Waals surface area contributed by atoms with Crippen molar-refractivity contribution in [2.24, 2.45) is 0 Å². The third-order valence-electron chi connectivity index (χ3n) is 5.11. The maximum absolute atomic E-state index is 13.7. The van der Waals surface area contributed by atoms with Gasteiger partial charge in [-0.25, -0.2) is 4.39 Å². The molecule has 0 fully saturated rings. The molecule has 0 saturated carbocycles. The van der Waals surface area contributed by atoms with Gasteiger partial charge in [0.2, 0.25) is 0 Å². The second-order valence-electron chi connectivity index (χ2n) is 7.50. The van der Waals surface area contributed by atoms with Crippen molar-refractivity contribution >= 4 is 5.91 Å². The van der Waals surface area contributed by atoms with Crippen LogP contribution in [0.25, 0.3) is 0 Å². The number of carbonyl (C=O) groups excluding carboxylic acids is 1. The van der Waals surface area contributed by atoms with Gasteiger partial charge in [0.05, 0.1) is 18.2 Å². The molecule has 0 aliphatic rings. The first kappa shape index (κ1) is 21.0. The van der Waals surface area contributed by atoms with E-state index in [0.29, 0.717) is 29.8 Å². The first-order chi connectivity index (χ1) is 15.6. The van der Waals surface area contributed by atoms with Crippen molar-refractivity contribution in [2.75, 3.05) is 0 Å². The number of hydrogen-bond donors (Lipinski definition) is 0. The summed E-state index contributed by atoms with van der Waals surface area (Å²) in [5, 5.41) is 13.2. The Labute approximate surface area is 186 Å². The number of nitriles is 1. The van der Waals surface area contributed by atoms with Crippen LogP contribution >= 0.6 is 0 Å². The van der Waals surface area contributed by atoms with Gasteiger partial charge in [0.25, 0.3) is 5.91 Å². The van der Waals surface area contributed by atoms with Gasteiger partial charge < -0.3 is 4.90 Å². The van der Waals surface area contributed by atoms with E-state index in [1.54, 1.807) is 47.5 Å². The number of aromatic nitrogens is 2. The number of hydrogen-bond acceptors (Lipinski definition) is 3. The molecule has 0 aliphatic heterocycles. The highest BCUT2D eigenvalue weighted by atomic mass is 19.1. The maximum atomic E-state index is 13.7. The average Bonchev–Trinajstić information content (AvgIpc) is 3.32. The first-order valence-electron chi connectivity index (χ1n) is 10.2. The van der Waals surface area contributed by atoms with Crippen molar-refractivity contribution in [1.82, 2.24) is 14.7 Å². The molecular weight excluding hydrogens is 403 g/mol. The number of rotatable bonds is 7. The van der Waals surface area contributed by atoms with E-state index in [-0.39, 0.29) is 18.3 Å². The van der Waals surface area contributed by atoms with Gasteiger partial charge in [-0.1, -0.05) is 36.4 Å². The second kappa shape index (κ2) is 9.71. The topological polar surface area (TPSA) is 61.9 Å². The summed E-state index contributed by atoms with van der Waals surface area (Å²) in [5.74, 6) is -0.486. The molecule has 0 atom stereocenters. The zero-order valence-electron chi connectivity index (χ0n) is 17.4. The molecule has 6 heteroatoms. The number of nitrogens with zero attached hydrogens (tertiary/aromatic N) is 4. The van der Waals surface area contributed by atoms with Gasteiger partial charge in [0, 0.05) is 31.0 Å². The lowest BCUT2D eigenvalue weighted by atomic mass is 10.1. The Morgan fingerprint density at radius 1 is 0.938 bits per heavy atom. The number of benzene rings is 3. The van der Waals surface area contributed by atoms with Gasteiger partial charge in [-0.3, -0.25) is 9.48 Å². The fourth-order valence-corrected chi connectivity index (χ4v) is 3.48. The fraction of sp³-hybridized carbons (Fsp3) is 0.115. The Bertz CT molecular complexity index is 1230.